The van der Waals surface area contributed by atoms with Crippen molar-refractivity contribution in [1.82, 2.24) is 4.90 Å². The normalized spacial score (nSPS) is 14.2. The zero-order valence-corrected chi connectivity index (χ0v) is 14.0. The Morgan fingerprint density at radius 1 is 0.880 bits per heavy atom. The van der Waals surface area contributed by atoms with E-state index in [4.69, 9.17) is 4.74 Å². The first kappa shape index (κ1) is 17.0. The maximum absolute atomic E-state index is 12.1. The van der Waals surface area contributed by atoms with Crippen LogP contribution in [0.5, 0.6) is 5.75 Å². The van der Waals surface area contributed by atoms with Gasteiger partial charge in [0.05, 0.1) is 5.56 Å². The van der Waals surface area contributed by atoms with Crippen LogP contribution in [0.25, 0.3) is 11.1 Å². The molecule has 1 aliphatic heterocycles. The number of phenols is 1. The standard InChI is InChI=1S/C20H21NO4/c22-18-10-8-16(9-11-18)15-4-6-17(7-5-15)20(24)25-14-19(23)21-12-2-1-3-13-21/h4-11,22H,1-3,12-14H2. The smallest absolute Gasteiger partial charge is 0.338 e. The SMILES string of the molecule is O=C(OCC(=O)N1CCCCC1)c1ccc(-c2ccc(O)cc2)cc1. The lowest BCUT2D eigenvalue weighted by atomic mass is 10.0. The Morgan fingerprint density at radius 2 is 1.44 bits per heavy atom. The minimum absolute atomic E-state index is 0.131. The Balaban J connectivity index is 1.57. The van der Waals surface area contributed by atoms with Crippen LogP contribution < -0.4 is 0 Å². The Kier molecular flexibility index (Phi) is 5.33. The summed E-state index contributed by atoms with van der Waals surface area (Å²) >= 11 is 0. The number of phenolic OH excluding ortho intramolecular Hbond substituents is 1. The molecule has 0 spiro atoms. The Bertz CT molecular complexity index is 731. The fourth-order valence-corrected chi connectivity index (χ4v) is 2.90. The molecule has 0 atom stereocenters. The molecule has 5 heteroatoms. The average molecular weight is 339 g/mol. The van der Waals surface area contributed by atoms with E-state index in [9.17, 15) is 14.7 Å². The number of benzene rings is 2. The molecule has 3 rings (SSSR count). The summed E-state index contributed by atoms with van der Waals surface area (Å²) in [5.74, 6) is -0.418. The van der Waals surface area contributed by atoms with Crippen molar-refractivity contribution in [3.05, 3.63) is 54.1 Å². The molecule has 0 bridgehead atoms. The third kappa shape index (κ3) is 4.38. The average Bonchev–Trinajstić information content (AvgIpc) is 2.67. The highest BCUT2D eigenvalue weighted by atomic mass is 16.5. The number of piperidine rings is 1. The van der Waals surface area contributed by atoms with Gasteiger partial charge in [-0.3, -0.25) is 4.79 Å². The zero-order chi connectivity index (χ0) is 17.6. The Hall–Kier alpha value is -2.82. The number of esters is 1. The van der Waals surface area contributed by atoms with Gasteiger partial charge in [0.1, 0.15) is 5.75 Å². The third-order valence-corrected chi connectivity index (χ3v) is 4.36. The van der Waals surface area contributed by atoms with Crippen molar-refractivity contribution in [2.45, 2.75) is 19.3 Å². The highest BCUT2D eigenvalue weighted by Crippen LogP contribution is 2.22. The predicted molar refractivity (Wildman–Crippen MR) is 94.3 cm³/mol. The first-order valence-electron chi connectivity index (χ1n) is 8.48. The second kappa shape index (κ2) is 7.83. The van der Waals surface area contributed by atoms with Gasteiger partial charge in [0, 0.05) is 13.1 Å². The third-order valence-electron chi connectivity index (χ3n) is 4.36. The minimum atomic E-state index is -0.498. The summed E-state index contributed by atoms with van der Waals surface area (Å²) in [4.78, 5) is 25.9. The molecular weight excluding hydrogens is 318 g/mol. The summed E-state index contributed by atoms with van der Waals surface area (Å²) in [6, 6.07) is 13.8. The fourth-order valence-electron chi connectivity index (χ4n) is 2.90. The zero-order valence-electron chi connectivity index (χ0n) is 14.0. The van der Waals surface area contributed by atoms with Gasteiger partial charge in [0.2, 0.25) is 0 Å². The highest BCUT2D eigenvalue weighted by molar-refractivity contribution is 5.91. The summed E-state index contributed by atoms with van der Waals surface area (Å²) in [6.07, 6.45) is 3.17. The summed E-state index contributed by atoms with van der Waals surface area (Å²) in [5.41, 5.74) is 2.29. The second-order valence-electron chi connectivity index (χ2n) is 6.14. The number of amides is 1. The number of ether oxygens (including phenoxy) is 1. The van der Waals surface area contributed by atoms with Crippen LogP contribution in [0.1, 0.15) is 29.6 Å². The molecule has 1 heterocycles. The molecule has 0 unspecified atom stereocenters. The van der Waals surface area contributed by atoms with Gasteiger partial charge >= 0.3 is 5.97 Å². The summed E-state index contributed by atoms with van der Waals surface area (Å²) in [6.45, 7) is 1.29. The van der Waals surface area contributed by atoms with Crippen molar-refractivity contribution in [2.24, 2.45) is 0 Å². The topological polar surface area (TPSA) is 66.8 Å². The molecule has 25 heavy (non-hydrogen) atoms. The van der Waals surface area contributed by atoms with E-state index in [1.54, 1.807) is 41.3 Å². The molecule has 0 aromatic heterocycles. The van der Waals surface area contributed by atoms with Crippen LogP contribution in [0.3, 0.4) is 0 Å². The molecule has 2 aromatic carbocycles. The van der Waals surface area contributed by atoms with Crippen LogP contribution in [0.2, 0.25) is 0 Å². The molecule has 0 saturated carbocycles. The maximum Gasteiger partial charge on any atom is 0.338 e. The van der Waals surface area contributed by atoms with E-state index in [1.165, 1.54) is 0 Å². The van der Waals surface area contributed by atoms with Gasteiger partial charge in [0.15, 0.2) is 6.61 Å². The Morgan fingerprint density at radius 3 is 2.04 bits per heavy atom. The number of nitrogens with zero attached hydrogens (tertiary/aromatic N) is 1. The summed E-state index contributed by atoms with van der Waals surface area (Å²) in [7, 11) is 0. The molecule has 2 aromatic rings. The van der Waals surface area contributed by atoms with Crippen molar-refractivity contribution in [1.29, 1.82) is 0 Å². The lowest BCUT2D eigenvalue weighted by molar-refractivity contribution is -0.135. The largest absolute Gasteiger partial charge is 0.508 e. The maximum atomic E-state index is 12.1. The lowest BCUT2D eigenvalue weighted by Crippen LogP contribution is -2.38. The van der Waals surface area contributed by atoms with Gasteiger partial charge in [-0.1, -0.05) is 24.3 Å². The Labute approximate surface area is 146 Å². The number of carbonyl (C=O) groups excluding carboxylic acids is 2. The van der Waals surface area contributed by atoms with E-state index in [2.05, 4.69) is 0 Å². The van der Waals surface area contributed by atoms with Crippen LogP contribution in [0.4, 0.5) is 0 Å². The van der Waals surface area contributed by atoms with Crippen molar-refractivity contribution in [2.75, 3.05) is 19.7 Å². The lowest BCUT2D eigenvalue weighted by Gasteiger charge is -2.26. The summed E-state index contributed by atoms with van der Waals surface area (Å²) in [5, 5.41) is 9.33. The van der Waals surface area contributed by atoms with E-state index in [0.29, 0.717) is 5.56 Å². The number of rotatable bonds is 4. The molecular formula is C20H21NO4. The van der Waals surface area contributed by atoms with Gasteiger partial charge in [-0.2, -0.15) is 0 Å². The molecule has 1 fully saturated rings. The van der Waals surface area contributed by atoms with Crippen LogP contribution in [0, 0.1) is 0 Å². The number of aromatic hydroxyl groups is 1. The number of hydrogen-bond donors (Lipinski definition) is 1. The molecule has 1 amide bonds. The van der Waals surface area contributed by atoms with Crippen molar-refractivity contribution in [3.63, 3.8) is 0 Å². The van der Waals surface area contributed by atoms with Gasteiger partial charge in [-0.15, -0.1) is 0 Å². The first-order chi connectivity index (χ1) is 12.1. The van der Waals surface area contributed by atoms with E-state index in [0.717, 1.165) is 43.5 Å². The molecule has 1 N–H and O–H groups in total. The van der Waals surface area contributed by atoms with Crippen molar-refractivity contribution < 1.29 is 19.4 Å². The predicted octanol–water partition coefficient (Wildman–Crippen LogP) is 3.23. The summed E-state index contributed by atoms with van der Waals surface area (Å²) < 4.78 is 5.14. The van der Waals surface area contributed by atoms with Gasteiger partial charge in [-0.05, 0) is 54.7 Å². The van der Waals surface area contributed by atoms with Gasteiger partial charge < -0.3 is 14.7 Å². The monoisotopic (exact) mass is 339 g/mol. The fraction of sp³-hybridized carbons (Fsp3) is 0.300. The molecule has 0 aliphatic carbocycles. The first-order valence-corrected chi connectivity index (χ1v) is 8.48. The van der Waals surface area contributed by atoms with E-state index < -0.39 is 5.97 Å². The van der Waals surface area contributed by atoms with Crippen LogP contribution in [-0.2, 0) is 9.53 Å². The van der Waals surface area contributed by atoms with Gasteiger partial charge in [0.25, 0.3) is 5.91 Å². The van der Waals surface area contributed by atoms with Gasteiger partial charge in [-0.25, -0.2) is 4.79 Å². The number of hydrogen-bond acceptors (Lipinski definition) is 4. The highest BCUT2D eigenvalue weighted by Gasteiger charge is 2.18. The number of carbonyl (C=O) groups is 2. The van der Waals surface area contributed by atoms with E-state index in [-0.39, 0.29) is 18.3 Å². The molecule has 5 nitrogen and oxygen atoms in total. The van der Waals surface area contributed by atoms with Crippen molar-refractivity contribution in [3.8, 4) is 16.9 Å². The molecule has 130 valence electrons. The quantitative estimate of drug-likeness (QED) is 0.869. The van der Waals surface area contributed by atoms with E-state index in [1.807, 2.05) is 12.1 Å². The van der Waals surface area contributed by atoms with E-state index >= 15 is 0 Å². The second-order valence-corrected chi connectivity index (χ2v) is 6.14. The van der Waals surface area contributed by atoms with Crippen LogP contribution >= 0.6 is 0 Å². The molecule has 1 saturated heterocycles. The minimum Gasteiger partial charge on any atom is -0.508 e. The number of likely N-dealkylation sites (tertiary alicyclic amines) is 1. The van der Waals surface area contributed by atoms with Crippen LogP contribution in [-0.4, -0.2) is 41.6 Å². The molecule has 0 radical (unpaired) electrons. The van der Waals surface area contributed by atoms with Crippen LogP contribution in [0.15, 0.2) is 48.5 Å². The molecule has 1 aliphatic rings. The van der Waals surface area contributed by atoms with Crippen molar-refractivity contribution >= 4 is 11.9 Å².